The minimum absolute atomic E-state index is 0.0454. The van der Waals surface area contributed by atoms with Crippen LogP contribution in [0.5, 0.6) is 0 Å². The third kappa shape index (κ3) is 1.74. The Hall–Kier alpha value is -0.960. The van der Waals surface area contributed by atoms with E-state index >= 15 is 0 Å². The standard InChI is InChI=1S/C10H10ClNO5S2/c1-10(9(14)17-3)8(13)7-5(4-6(11)18-7)19(15,16)12(10)2/h4H,1-3H3. The van der Waals surface area contributed by atoms with E-state index in [1.54, 1.807) is 0 Å². The largest absolute Gasteiger partial charge is 0.467 e. The minimum atomic E-state index is -3.96. The summed E-state index contributed by atoms with van der Waals surface area (Å²) in [6, 6.07) is 1.21. The number of methoxy groups -OCH3 is 1. The first-order chi connectivity index (χ1) is 8.67. The SMILES string of the molecule is COC(=O)C1(C)C(=O)c2sc(Cl)cc2S(=O)(=O)N1C. The number of esters is 1. The molecule has 1 aliphatic rings. The molecule has 2 heterocycles. The Labute approximate surface area is 119 Å². The number of halogens is 1. The molecule has 0 saturated heterocycles. The lowest BCUT2D eigenvalue weighted by Crippen LogP contribution is -2.61. The predicted molar refractivity (Wildman–Crippen MR) is 69.0 cm³/mol. The highest BCUT2D eigenvalue weighted by Crippen LogP contribution is 2.41. The quantitative estimate of drug-likeness (QED) is 0.572. The van der Waals surface area contributed by atoms with Gasteiger partial charge >= 0.3 is 5.97 Å². The lowest BCUT2D eigenvalue weighted by atomic mass is 9.95. The number of likely N-dealkylation sites (N-methyl/N-ethyl adjacent to an activating group) is 1. The van der Waals surface area contributed by atoms with E-state index in [-0.39, 0.29) is 14.1 Å². The molecule has 0 amide bonds. The fraction of sp³-hybridized carbons (Fsp3) is 0.400. The Bertz CT molecular complexity index is 680. The van der Waals surface area contributed by atoms with E-state index in [0.29, 0.717) is 0 Å². The van der Waals surface area contributed by atoms with E-state index < -0.39 is 27.3 Å². The molecule has 0 radical (unpaired) electrons. The molecule has 104 valence electrons. The molecular weight excluding hydrogens is 314 g/mol. The van der Waals surface area contributed by atoms with Gasteiger partial charge in [-0.15, -0.1) is 11.3 Å². The predicted octanol–water partition coefficient (Wildman–Crippen LogP) is 1.15. The van der Waals surface area contributed by atoms with Gasteiger partial charge in [-0.25, -0.2) is 13.2 Å². The van der Waals surface area contributed by atoms with E-state index in [9.17, 15) is 18.0 Å². The van der Waals surface area contributed by atoms with Gasteiger partial charge in [0.05, 0.1) is 16.3 Å². The van der Waals surface area contributed by atoms with Crippen LogP contribution in [0.15, 0.2) is 11.0 Å². The number of fused-ring (bicyclic) bond motifs is 1. The topological polar surface area (TPSA) is 80.8 Å². The highest BCUT2D eigenvalue weighted by Gasteiger charge is 2.57. The molecule has 1 unspecified atom stereocenters. The number of hydrogen-bond acceptors (Lipinski definition) is 6. The summed E-state index contributed by atoms with van der Waals surface area (Å²) in [6.07, 6.45) is 0. The van der Waals surface area contributed by atoms with Gasteiger partial charge in [-0.1, -0.05) is 11.6 Å². The zero-order chi connectivity index (χ0) is 14.6. The van der Waals surface area contributed by atoms with Gasteiger partial charge in [0.25, 0.3) is 0 Å². The molecule has 1 aliphatic heterocycles. The van der Waals surface area contributed by atoms with Gasteiger partial charge in [0.15, 0.2) is 5.54 Å². The molecular formula is C10H10ClNO5S2. The van der Waals surface area contributed by atoms with Crippen molar-refractivity contribution in [1.29, 1.82) is 0 Å². The summed E-state index contributed by atoms with van der Waals surface area (Å²) < 4.78 is 30.1. The number of hydrogen-bond donors (Lipinski definition) is 0. The number of rotatable bonds is 1. The van der Waals surface area contributed by atoms with E-state index in [0.717, 1.165) is 22.8 Å². The number of sulfonamides is 1. The molecule has 1 aromatic heterocycles. The Morgan fingerprint density at radius 3 is 2.63 bits per heavy atom. The maximum Gasteiger partial charge on any atom is 0.335 e. The van der Waals surface area contributed by atoms with E-state index in [2.05, 4.69) is 4.74 Å². The zero-order valence-corrected chi connectivity index (χ0v) is 12.6. The van der Waals surface area contributed by atoms with Crippen molar-refractivity contribution in [2.75, 3.05) is 14.2 Å². The first kappa shape index (κ1) is 14.4. The summed E-state index contributed by atoms with van der Waals surface area (Å²) in [4.78, 5) is 24.0. The van der Waals surface area contributed by atoms with E-state index in [1.165, 1.54) is 20.0 Å². The van der Waals surface area contributed by atoms with Gasteiger partial charge in [0, 0.05) is 7.05 Å². The number of ether oxygens (including phenoxy) is 1. The molecule has 1 atom stereocenters. The van der Waals surface area contributed by atoms with Crippen LogP contribution in [0.1, 0.15) is 16.6 Å². The van der Waals surface area contributed by atoms with Crippen LogP contribution in [-0.2, 0) is 19.6 Å². The average Bonchev–Trinajstić information content (AvgIpc) is 2.76. The molecule has 9 heteroatoms. The van der Waals surface area contributed by atoms with Gasteiger partial charge in [-0.3, -0.25) is 4.79 Å². The van der Waals surface area contributed by atoms with Crippen LogP contribution in [0.3, 0.4) is 0 Å². The second-order valence-electron chi connectivity index (χ2n) is 4.11. The van der Waals surface area contributed by atoms with Crippen molar-refractivity contribution in [3.8, 4) is 0 Å². The van der Waals surface area contributed by atoms with Crippen molar-refractivity contribution < 1.29 is 22.7 Å². The minimum Gasteiger partial charge on any atom is -0.467 e. The number of carbonyl (C=O) groups is 2. The zero-order valence-electron chi connectivity index (χ0n) is 10.3. The molecule has 0 N–H and O–H groups in total. The Morgan fingerprint density at radius 2 is 2.11 bits per heavy atom. The third-order valence-corrected chi connectivity index (χ3v) is 6.52. The molecule has 0 saturated carbocycles. The van der Waals surface area contributed by atoms with Crippen molar-refractivity contribution in [1.82, 2.24) is 4.31 Å². The van der Waals surface area contributed by atoms with Gasteiger partial charge in [-0.2, -0.15) is 4.31 Å². The van der Waals surface area contributed by atoms with Gasteiger partial charge < -0.3 is 4.74 Å². The molecule has 0 aliphatic carbocycles. The molecule has 0 aromatic carbocycles. The van der Waals surface area contributed by atoms with Crippen molar-refractivity contribution in [3.05, 3.63) is 15.3 Å². The molecule has 0 bridgehead atoms. The summed E-state index contributed by atoms with van der Waals surface area (Å²) in [5.41, 5.74) is -1.91. The maximum atomic E-state index is 12.4. The van der Waals surface area contributed by atoms with Gasteiger partial charge in [0.1, 0.15) is 4.90 Å². The summed E-state index contributed by atoms with van der Waals surface area (Å²) in [5, 5.41) is 0. The number of carbonyl (C=O) groups excluding carboxylic acids is 2. The van der Waals surface area contributed by atoms with Crippen molar-refractivity contribution in [3.63, 3.8) is 0 Å². The van der Waals surface area contributed by atoms with Crippen LogP contribution in [0.2, 0.25) is 4.34 Å². The van der Waals surface area contributed by atoms with E-state index in [4.69, 9.17) is 11.6 Å². The molecule has 19 heavy (non-hydrogen) atoms. The lowest BCUT2D eigenvalue weighted by Gasteiger charge is -2.36. The van der Waals surface area contributed by atoms with Crippen molar-refractivity contribution in [2.45, 2.75) is 17.4 Å². The van der Waals surface area contributed by atoms with Crippen molar-refractivity contribution in [2.24, 2.45) is 0 Å². The Morgan fingerprint density at radius 1 is 1.53 bits per heavy atom. The smallest absolute Gasteiger partial charge is 0.335 e. The second kappa shape index (κ2) is 4.27. The number of Topliss-reactive ketones (excluding diaryl/α,β-unsaturated/α-hetero) is 1. The van der Waals surface area contributed by atoms with Gasteiger partial charge in [0.2, 0.25) is 15.8 Å². The monoisotopic (exact) mass is 323 g/mol. The summed E-state index contributed by atoms with van der Waals surface area (Å²) in [5.74, 6) is -1.57. The fourth-order valence-corrected chi connectivity index (χ4v) is 5.14. The van der Waals surface area contributed by atoms with Crippen molar-refractivity contribution >= 4 is 44.7 Å². The summed E-state index contributed by atoms with van der Waals surface area (Å²) >= 11 is 6.60. The van der Waals surface area contributed by atoms with Crippen LogP contribution >= 0.6 is 22.9 Å². The number of thiophene rings is 1. The fourth-order valence-electron chi connectivity index (χ4n) is 1.87. The Kier molecular flexibility index (Phi) is 3.25. The third-order valence-electron chi connectivity index (χ3n) is 3.17. The molecule has 6 nitrogen and oxygen atoms in total. The van der Waals surface area contributed by atoms with Crippen LogP contribution in [0, 0.1) is 0 Å². The second-order valence-corrected chi connectivity index (χ2v) is 7.73. The van der Waals surface area contributed by atoms with Crippen LogP contribution in [-0.4, -0.2) is 44.2 Å². The first-order valence-corrected chi connectivity index (χ1v) is 7.72. The van der Waals surface area contributed by atoms with Gasteiger partial charge in [-0.05, 0) is 13.0 Å². The summed E-state index contributed by atoms with van der Waals surface area (Å²) in [7, 11) is -1.70. The van der Waals surface area contributed by atoms with Crippen LogP contribution in [0.4, 0.5) is 0 Å². The number of ketones is 1. The Balaban J connectivity index is 2.79. The maximum absolute atomic E-state index is 12.4. The number of nitrogens with zero attached hydrogens (tertiary/aromatic N) is 1. The molecule has 0 fully saturated rings. The highest BCUT2D eigenvalue weighted by molar-refractivity contribution is 7.89. The van der Waals surface area contributed by atoms with E-state index in [1.807, 2.05) is 0 Å². The highest BCUT2D eigenvalue weighted by atomic mass is 35.5. The normalized spacial score (nSPS) is 26.0. The molecule has 1 aromatic rings. The first-order valence-electron chi connectivity index (χ1n) is 5.09. The summed E-state index contributed by atoms with van der Waals surface area (Å²) in [6.45, 7) is 1.22. The lowest BCUT2D eigenvalue weighted by molar-refractivity contribution is -0.148. The van der Waals surface area contributed by atoms with Crippen LogP contribution < -0.4 is 0 Å². The average molecular weight is 324 g/mol. The molecule has 0 spiro atoms. The van der Waals surface area contributed by atoms with Crippen LogP contribution in [0.25, 0.3) is 0 Å². The molecule has 2 rings (SSSR count).